The molecule has 1 aliphatic heterocycles. The van der Waals surface area contributed by atoms with Crippen LogP contribution >= 0.6 is 0 Å². The summed E-state index contributed by atoms with van der Waals surface area (Å²) in [4.78, 5) is 2.31. The van der Waals surface area contributed by atoms with E-state index in [0.29, 0.717) is 6.04 Å². The summed E-state index contributed by atoms with van der Waals surface area (Å²) in [7, 11) is 2.15. The Bertz CT molecular complexity index is 415. The molecule has 1 heterocycles. The van der Waals surface area contributed by atoms with E-state index in [1.54, 1.807) is 0 Å². The van der Waals surface area contributed by atoms with Crippen LogP contribution in [0.4, 0.5) is 0 Å². The summed E-state index contributed by atoms with van der Waals surface area (Å²) >= 11 is 0. The molecule has 0 fully saturated rings. The molecule has 1 nitrogen and oxygen atoms in total. The molecule has 1 aliphatic rings. The summed E-state index contributed by atoms with van der Waals surface area (Å²) in [5.41, 5.74) is 4.06. The van der Waals surface area contributed by atoms with E-state index in [1.165, 1.54) is 16.8 Å². The number of likely N-dealkylation sites (N-methyl/N-ethyl adjacent to an activating group) is 1. The van der Waals surface area contributed by atoms with Gasteiger partial charge in [-0.3, -0.25) is 0 Å². The third kappa shape index (κ3) is 1.82. The van der Waals surface area contributed by atoms with Crippen molar-refractivity contribution in [2.24, 2.45) is 0 Å². The van der Waals surface area contributed by atoms with Crippen LogP contribution in [0.1, 0.15) is 24.1 Å². The van der Waals surface area contributed by atoms with Crippen molar-refractivity contribution in [3.05, 3.63) is 59.3 Å². The van der Waals surface area contributed by atoms with E-state index < -0.39 is 0 Å². The van der Waals surface area contributed by atoms with Crippen LogP contribution < -0.4 is 0 Å². The summed E-state index contributed by atoms with van der Waals surface area (Å²) in [6.45, 7) is 4.32. The SMILES string of the molecule is CC1=CC=CC(c2ccccc2C)N1C. The molecule has 0 saturated heterocycles. The van der Waals surface area contributed by atoms with Crippen molar-refractivity contribution < 1.29 is 0 Å². The first kappa shape index (κ1) is 10.0. The summed E-state index contributed by atoms with van der Waals surface area (Å²) in [6.07, 6.45) is 6.54. The van der Waals surface area contributed by atoms with Crippen molar-refractivity contribution >= 4 is 0 Å². The van der Waals surface area contributed by atoms with Crippen molar-refractivity contribution in [1.29, 1.82) is 0 Å². The third-order valence-electron chi connectivity index (χ3n) is 3.11. The normalized spacial score (nSPS) is 20.3. The van der Waals surface area contributed by atoms with Gasteiger partial charge in [0, 0.05) is 12.7 Å². The smallest absolute Gasteiger partial charge is 0.0725 e. The topological polar surface area (TPSA) is 3.24 Å². The zero-order chi connectivity index (χ0) is 10.8. The van der Waals surface area contributed by atoms with Gasteiger partial charge < -0.3 is 4.90 Å². The lowest BCUT2D eigenvalue weighted by molar-refractivity contribution is 0.355. The van der Waals surface area contributed by atoms with Gasteiger partial charge >= 0.3 is 0 Å². The monoisotopic (exact) mass is 199 g/mol. The highest BCUT2D eigenvalue weighted by molar-refractivity contribution is 5.35. The van der Waals surface area contributed by atoms with Crippen molar-refractivity contribution in [3.63, 3.8) is 0 Å². The first-order valence-electron chi connectivity index (χ1n) is 5.33. The van der Waals surface area contributed by atoms with Crippen LogP contribution in [0.3, 0.4) is 0 Å². The molecule has 1 atom stereocenters. The Hall–Kier alpha value is -1.50. The van der Waals surface area contributed by atoms with E-state index in [2.05, 4.69) is 68.3 Å². The predicted octanol–water partition coefficient (Wildman–Crippen LogP) is 3.44. The number of hydrogen-bond donors (Lipinski definition) is 0. The van der Waals surface area contributed by atoms with Gasteiger partial charge in [-0.15, -0.1) is 0 Å². The second kappa shape index (κ2) is 3.93. The lowest BCUT2D eigenvalue weighted by atomic mass is 9.98. The first-order valence-corrected chi connectivity index (χ1v) is 5.33. The summed E-state index contributed by atoms with van der Waals surface area (Å²) < 4.78 is 0. The van der Waals surface area contributed by atoms with Crippen LogP contribution in [0.5, 0.6) is 0 Å². The molecule has 1 aromatic rings. The van der Waals surface area contributed by atoms with Crippen LogP contribution in [0, 0.1) is 6.92 Å². The van der Waals surface area contributed by atoms with E-state index >= 15 is 0 Å². The molecule has 1 aromatic carbocycles. The van der Waals surface area contributed by atoms with Crippen LogP contribution in [-0.2, 0) is 0 Å². The molecule has 0 spiro atoms. The van der Waals surface area contributed by atoms with Gasteiger partial charge in [0.1, 0.15) is 0 Å². The third-order valence-corrected chi connectivity index (χ3v) is 3.11. The summed E-state index contributed by atoms with van der Waals surface area (Å²) in [6, 6.07) is 8.96. The van der Waals surface area contributed by atoms with Crippen LogP contribution in [0.2, 0.25) is 0 Å². The Morgan fingerprint density at radius 3 is 2.60 bits per heavy atom. The van der Waals surface area contributed by atoms with E-state index in [9.17, 15) is 0 Å². The average Bonchev–Trinajstić information content (AvgIpc) is 2.23. The maximum absolute atomic E-state index is 2.31. The van der Waals surface area contributed by atoms with Gasteiger partial charge in [-0.1, -0.05) is 36.4 Å². The van der Waals surface area contributed by atoms with Gasteiger partial charge in [-0.05, 0) is 31.1 Å². The molecular formula is C14H17N. The van der Waals surface area contributed by atoms with Crippen molar-refractivity contribution in [2.45, 2.75) is 19.9 Å². The fourth-order valence-corrected chi connectivity index (χ4v) is 2.00. The molecule has 1 unspecified atom stereocenters. The van der Waals surface area contributed by atoms with Crippen LogP contribution in [0.15, 0.2) is 48.2 Å². The van der Waals surface area contributed by atoms with E-state index in [1.807, 2.05) is 0 Å². The number of rotatable bonds is 1. The van der Waals surface area contributed by atoms with Gasteiger partial charge in [0.25, 0.3) is 0 Å². The lowest BCUT2D eigenvalue weighted by Crippen LogP contribution is -2.23. The highest BCUT2D eigenvalue weighted by Gasteiger charge is 2.17. The van der Waals surface area contributed by atoms with Gasteiger partial charge in [0.15, 0.2) is 0 Å². The fraction of sp³-hybridized carbons (Fsp3) is 0.286. The number of aryl methyl sites for hydroxylation is 1. The summed E-state index contributed by atoms with van der Waals surface area (Å²) in [5, 5.41) is 0. The zero-order valence-electron chi connectivity index (χ0n) is 9.57. The molecule has 15 heavy (non-hydrogen) atoms. The molecule has 2 rings (SSSR count). The van der Waals surface area contributed by atoms with Gasteiger partial charge in [0.05, 0.1) is 6.04 Å². The van der Waals surface area contributed by atoms with Gasteiger partial charge in [-0.25, -0.2) is 0 Å². The standard InChI is InChI=1S/C14H17N/c1-11-7-4-5-9-13(11)14-10-6-8-12(2)15(14)3/h4-10,14H,1-3H3. The second-order valence-electron chi connectivity index (χ2n) is 4.11. The molecule has 0 N–H and O–H groups in total. The molecular weight excluding hydrogens is 182 g/mol. The predicted molar refractivity (Wildman–Crippen MR) is 64.6 cm³/mol. The molecule has 0 radical (unpaired) electrons. The number of nitrogens with zero attached hydrogens (tertiary/aromatic N) is 1. The minimum Gasteiger partial charge on any atom is -0.368 e. The molecule has 1 heteroatoms. The Labute approximate surface area is 91.7 Å². The minimum atomic E-state index is 0.385. The minimum absolute atomic E-state index is 0.385. The highest BCUT2D eigenvalue weighted by Crippen LogP contribution is 2.29. The fourth-order valence-electron chi connectivity index (χ4n) is 2.00. The van der Waals surface area contributed by atoms with E-state index in [0.717, 1.165) is 0 Å². The van der Waals surface area contributed by atoms with Crippen LogP contribution in [0.25, 0.3) is 0 Å². The molecule has 0 saturated carbocycles. The largest absolute Gasteiger partial charge is 0.368 e. The van der Waals surface area contributed by atoms with Crippen LogP contribution in [-0.4, -0.2) is 11.9 Å². The number of allylic oxidation sites excluding steroid dienone is 3. The second-order valence-corrected chi connectivity index (χ2v) is 4.11. The molecule has 0 aliphatic carbocycles. The maximum atomic E-state index is 2.31. The Kier molecular flexibility index (Phi) is 2.63. The van der Waals surface area contributed by atoms with E-state index in [-0.39, 0.29) is 0 Å². The van der Waals surface area contributed by atoms with E-state index in [4.69, 9.17) is 0 Å². The number of benzene rings is 1. The molecule has 0 aromatic heterocycles. The van der Waals surface area contributed by atoms with Crippen molar-refractivity contribution in [2.75, 3.05) is 7.05 Å². The quantitative estimate of drug-likeness (QED) is 0.669. The van der Waals surface area contributed by atoms with Crippen molar-refractivity contribution in [1.82, 2.24) is 4.90 Å². The van der Waals surface area contributed by atoms with Crippen molar-refractivity contribution in [3.8, 4) is 0 Å². The first-order chi connectivity index (χ1) is 7.20. The zero-order valence-corrected chi connectivity index (χ0v) is 9.57. The average molecular weight is 199 g/mol. The number of hydrogen-bond acceptors (Lipinski definition) is 1. The molecule has 0 amide bonds. The Balaban J connectivity index is 2.37. The Morgan fingerprint density at radius 1 is 1.13 bits per heavy atom. The summed E-state index contributed by atoms with van der Waals surface area (Å²) in [5.74, 6) is 0. The maximum Gasteiger partial charge on any atom is 0.0725 e. The highest BCUT2D eigenvalue weighted by atomic mass is 15.1. The molecule has 0 bridgehead atoms. The lowest BCUT2D eigenvalue weighted by Gasteiger charge is -2.31. The van der Waals surface area contributed by atoms with Gasteiger partial charge in [0.2, 0.25) is 0 Å². The Morgan fingerprint density at radius 2 is 1.87 bits per heavy atom. The molecule has 78 valence electrons. The van der Waals surface area contributed by atoms with Gasteiger partial charge in [-0.2, -0.15) is 0 Å².